The molecule has 32 heavy (non-hydrogen) atoms. The van der Waals surface area contributed by atoms with Crippen LogP contribution in [0.15, 0.2) is 54.6 Å². The Balaban J connectivity index is -0.000000416. The van der Waals surface area contributed by atoms with Gasteiger partial charge >= 0.3 is 12.4 Å². The number of nitrogens with zero attached hydrogens (tertiary/aromatic N) is 2. The molecule has 0 fully saturated rings. The molecule has 3 rings (SSSR count). The van der Waals surface area contributed by atoms with Crippen molar-refractivity contribution in [1.29, 1.82) is 0 Å². The summed E-state index contributed by atoms with van der Waals surface area (Å²) in [7, 11) is 0. The number of halogens is 6. The first-order valence-corrected chi connectivity index (χ1v) is 7.38. The van der Waals surface area contributed by atoms with Crippen LogP contribution in [0, 0.1) is 12.1 Å². The largest absolute Gasteiger partial charge is 0.573 e. The Bertz CT molecular complexity index is 773. The number of aromatic nitrogens is 2. The maximum Gasteiger partial charge on any atom is 0.431 e. The zero-order valence-electron chi connectivity index (χ0n) is 15.5. The summed E-state index contributed by atoms with van der Waals surface area (Å²) in [5.74, 6) is 0. The van der Waals surface area contributed by atoms with Crippen molar-refractivity contribution in [3.05, 3.63) is 78.1 Å². The minimum absolute atomic E-state index is 0. The van der Waals surface area contributed by atoms with Crippen molar-refractivity contribution < 1.29 is 61.1 Å². The van der Waals surface area contributed by atoms with Gasteiger partial charge in [0.25, 0.3) is 0 Å². The zero-order chi connectivity index (χ0) is 24.5. The van der Waals surface area contributed by atoms with E-state index in [0.29, 0.717) is 0 Å². The van der Waals surface area contributed by atoms with Crippen molar-refractivity contribution in [2.24, 2.45) is 0 Å². The van der Waals surface area contributed by atoms with Crippen LogP contribution in [0.1, 0.15) is 11.4 Å². The Morgan fingerprint density at radius 2 is 1.12 bits per heavy atom. The van der Waals surface area contributed by atoms with E-state index in [1.165, 1.54) is 0 Å². The Morgan fingerprint density at radius 1 is 0.719 bits per heavy atom. The molecular weight excluding hydrogens is 616 g/mol. The van der Waals surface area contributed by atoms with Crippen LogP contribution in [-0.2, 0) is 47.2 Å². The molecule has 1 aromatic heterocycles. The van der Waals surface area contributed by atoms with E-state index >= 15 is 0 Å². The van der Waals surface area contributed by atoms with Gasteiger partial charge in [-0.05, 0) is 11.8 Å². The first kappa shape index (κ1) is 33.5. The van der Waals surface area contributed by atoms with Gasteiger partial charge in [0.15, 0.2) is 0 Å². The van der Waals surface area contributed by atoms with Gasteiger partial charge in [-0.3, -0.25) is 0 Å². The third kappa shape index (κ3) is 12.6. The Labute approximate surface area is 193 Å². The fourth-order valence-electron chi connectivity index (χ4n) is 1.69. The molecule has 2 aromatic carbocycles. The number of hydrogen-bond donors (Lipinski definition) is 0. The molecule has 1 heterocycles. The van der Waals surface area contributed by atoms with Crippen LogP contribution in [0.25, 0.3) is 11.1 Å². The van der Waals surface area contributed by atoms with Crippen LogP contribution < -0.4 is 5.10 Å². The molecule has 0 spiro atoms. The van der Waals surface area contributed by atoms with Crippen molar-refractivity contribution in [3.8, 4) is 11.1 Å². The molecule has 0 saturated carbocycles. The molecule has 0 aliphatic carbocycles. The quantitative estimate of drug-likeness (QED) is 0.304. The Morgan fingerprint density at radius 3 is 1.34 bits per heavy atom. The maximum absolute atomic E-state index is 11.7. The van der Waals surface area contributed by atoms with Gasteiger partial charge in [-0.2, -0.15) is 74.9 Å². The van der Waals surface area contributed by atoms with E-state index < -0.39 is 23.7 Å². The second-order valence-electron chi connectivity index (χ2n) is 4.66. The average Bonchev–Trinajstić information content (AvgIpc) is 3.32. The normalized spacial score (nSPS) is 9.44. The molecule has 0 atom stereocenters. The van der Waals surface area contributed by atoms with Gasteiger partial charge in [-0.1, -0.05) is 0 Å². The zero-order valence-corrected chi connectivity index (χ0v) is 18.2. The van der Waals surface area contributed by atoms with E-state index in [-0.39, 0.29) is 26.5 Å². The van der Waals surface area contributed by atoms with Gasteiger partial charge < -0.3 is 44.9 Å². The molecule has 0 bridgehead atoms. The third-order valence-electron chi connectivity index (χ3n) is 2.83. The molecule has 0 saturated heterocycles. The SMILES string of the molecule is FC(F)(F)c1cc(C(F)(F)F)[n-]n1.[C-]=O.[C-]=O.[C-]=O.[Re].[c-]1ccccc1-c1[c-]cccc1. The van der Waals surface area contributed by atoms with E-state index in [0.717, 1.165) is 11.1 Å². The summed E-state index contributed by atoms with van der Waals surface area (Å²) < 4.78 is 70.3. The number of hydrogen-bond acceptors (Lipinski definition) is 4. The van der Waals surface area contributed by atoms with Gasteiger partial charge in [0, 0.05) is 20.4 Å². The van der Waals surface area contributed by atoms with E-state index in [1.807, 2.05) is 48.5 Å². The third-order valence-corrected chi connectivity index (χ3v) is 2.83. The van der Waals surface area contributed by atoms with Gasteiger partial charge in [-0.25, -0.2) is 11.1 Å². The van der Waals surface area contributed by atoms with Crippen molar-refractivity contribution in [3.63, 3.8) is 0 Å². The predicted octanol–water partition coefficient (Wildman–Crippen LogP) is 3.84. The molecule has 0 N–H and O–H groups in total. The summed E-state index contributed by atoms with van der Waals surface area (Å²) in [4.78, 5) is 22.5. The van der Waals surface area contributed by atoms with Crippen molar-refractivity contribution in [1.82, 2.24) is 10.2 Å². The maximum atomic E-state index is 11.7. The minimum Gasteiger partial charge on any atom is -0.573 e. The summed E-state index contributed by atoms with van der Waals surface area (Å²) in [5, 5.41) is 4.72. The summed E-state index contributed by atoms with van der Waals surface area (Å²) in [6, 6.07) is 22.0. The molecular formula is C20H9F6N2O3Re-6. The van der Waals surface area contributed by atoms with Crippen molar-refractivity contribution >= 4 is 20.4 Å². The number of rotatable bonds is 1. The van der Waals surface area contributed by atoms with Crippen LogP contribution in [0.5, 0.6) is 0 Å². The summed E-state index contributed by atoms with van der Waals surface area (Å²) in [6.45, 7) is 13.5. The second-order valence-corrected chi connectivity index (χ2v) is 4.66. The molecule has 0 aliphatic rings. The Kier molecular flexibility index (Phi) is 18.4. The minimum atomic E-state index is -4.89. The van der Waals surface area contributed by atoms with E-state index in [9.17, 15) is 26.3 Å². The first-order valence-electron chi connectivity index (χ1n) is 7.38. The topological polar surface area (TPSA) is 78.2 Å². The number of benzene rings is 2. The first-order chi connectivity index (χ1) is 14.7. The standard InChI is InChI=1S/C12H8.C5HF6N2.3CO.Re/c1-3-7-11(8-4-1)12-9-5-2-6-10-12;6-4(7,8)2-1-3(13-12-2)5(9,10)11;3*1-2;/h1-7,9H;1H;;;;/q-2;4*-1;. The molecule has 172 valence electrons. The molecule has 0 amide bonds. The average molecular weight is 625 g/mol. The molecule has 5 nitrogen and oxygen atoms in total. The molecule has 0 unspecified atom stereocenters. The van der Waals surface area contributed by atoms with Crippen molar-refractivity contribution in [2.75, 3.05) is 0 Å². The van der Waals surface area contributed by atoms with Crippen LogP contribution in [0.2, 0.25) is 0 Å². The summed E-state index contributed by atoms with van der Waals surface area (Å²) >= 11 is 0. The smallest absolute Gasteiger partial charge is 0.431 e. The van der Waals surface area contributed by atoms with Gasteiger partial charge in [0.1, 0.15) is 5.69 Å². The van der Waals surface area contributed by atoms with Gasteiger partial charge in [-0.15, -0.1) is 12.1 Å². The van der Waals surface area contributed by atoms with Crippen LogP contribution in [0.4, 0.5) is 26.3 Å². The molecule has 3 aromatic rings. The number of carbonyl (C=O) groups excluding carboxylic acids is 3. The van der Waals surface area contributed by atoms with Crippen LogP contribution >= 0.6 is 0 Å². The Hall–Kier alpha value is -3.10. The van der Waals surface area contributed by atoms with Crippen LogP contribution in [0.3, 0.4) is 0 Å². The second kappa shape index (κ2) is 17.6. The van der Waals surface area contributed by atoms with Gasteiger partial charge in [0.2, 0.25) is 0 Å². The van der Waals surface area contributed by atoms with Gasteiger partial charge in [0.05, 0.1) is 0 Å². The fourth-order valence-corrected chi connectivity index (χ4v) is 1.69. The van der Waals surface area contributed by atoms with Crippen LogP contribution in [-0.4, -0.2) is 25.5 Å². The fraction of sp³-hybridized carbons (Fsp3) is 0.100. The van der Waals surface area contributed by atoms with Crippen molar-refractivity contribution in [2.45, 2.75) is 12.4 Å². The monoisotopic (exact) mass is 626 g/mol. The van der Waals surface area contributed by atoms with E-state index in [1.54, 1.807) is 0 Å². The molecule has 0 aliphatic heterocycles. The summed E-state index contributed by atoms with van der Waals surface area (Å²) in [6.07, 6.45) is -9.78. The number of alkyl halides is 6. The predicted molar refractivity (Wildman–Crippen MR) is 94.2 cm³/mol. The molecule has 4 radical (unpaired) electrons. The summed E-state index contributed by atoms with van der Waals surface area (Å²) in [5.41, 5.74) is -1.09. The van der Waals surface area contributed by atoms with E-state index in [4.69, 9.17) is 14.4 Å². The van der Waals surface area contributed by atoms with E-state index in [2.05, 4.69) is 42.7 Å². The molecule has 12 heteroatoms.